The lowest BCUT2D eigenvalue weighted by Crippen LogP contribution is -2.05. The van der Waals surface area contributed by atoms with E-state index in [0.29, 0.717) is 11.5 Å². The average molecular weight is 224 g/mol. The molecule has 0 rings (SSSR count). The van der Waals surface area contributed by atoms with E-state index in [2.05, 4.69) is 6.58 Å². The maximum absolute atomic E-state index is 10.8. The standard InChI is InChI=1S/C7H12O4S2/c1-2-13(10,11)6-5-12-4-3-7(8)9/h2H,1,3-6H2,(H,8,9). The van der Waals surface area contributed by atoms with Gasteiger partial charge in [-0.3, -0.25) is 4.79 Å². The van der Waals surface area contributed by atoms with Crippen LogP contribution in [0.3, 0.4) is 0 Å². The maximum Gasteiger partial charge on any atom is 0.304 e. The molecule has 0 aliphatic heterocycles. The van der Waals surface area contributed by atoms with Crippen LogP contribution in [0.5, 0.6) is 0 Å². The smallest absolute Gasteiger partial charge is 0.304 e. The third-order valence-electron chi connectivity index (χ3n) is 1.23. The van der Waals surface area contributed by atoms with Crippen molar-refractivity contribution in [2.45, 2.75) is 6.42 Å². The van der Waals surface area contributed by atoms with Gasteiger partial charge in [0.05, 0.1) is 12.2 Å². The molecule has 0 fully saturated rings. The molecule has 0 aromatic heterocycles. The average Bonchev–Trinajstić information content (AvgIpc) is 2.03. The first kappa shape index (κ1) is 12.5. The topological polar surface area (TPSA) is 71.4 Å². The Labute approximate surface area is 81.9 Å². The minimum Gasteiger partial charge on any atom is -0.481 e. The molecule has 0 radical (unpaired) electrons. The van der Waals surface area contributed by atoms with Crippen molar-refractivity contribution in [2.75, 3.05) is 17.3 Å². The fourth-order valence-corrected chi connectivity index (χ4v) is 2.61. The van der Waals surface area contributed by atoms with Crippen LogP contribution in [-0.2, 0) is 14.6 Å². The van der Waals surface area contributed by atoms with E-state index in [4.69, 9.17) is 5.11 Å². The number of hydrogen-bond acceptors (Lipinski definition) is 4. The Morgan fingerprint density at radius 3 is 2.54 bits per heavy atom. The summed E-state index contributed by atoms with van der Waals surface area (Å²) in [5, 5.41) is 9.19. The molecular weight excluding hydrogens is 212 g/mol. The monoisotopic (exact) mass is 224 g/mol. The Kier molecular flexibility index (Phi) is 5.81. The number of sulfone groups is 1. The fourth-order valence-electron chi connectivity index (χ4n) is 0.520. The van der Waals surface area contributed by atoms with Crippen molar-refractivity contribution in [3.8, 4) is 0 Å². The van der Waals surface area contributed by atoms with Gasteiger partial charge in [0.2, 0.25) is 0 Å². The van der Waals surface area contributed by atoms with Crippen LogP contribution in [0.25, 0.3) is 0 Å². The molecule has 0 saturated heterocycles. The van der Waals surface area contributed by atoms with E-state index in [1.807, 2.05) is 0 Å². The Bertz CT molecular complexity index is 268. The molecule has 0 aromatic rings. The molecule has 0 heterocycles. The summed E-state index contributed by atoms with van der Waals surface area (Å²) in [7, 11) is -3.12. The van der Waals surface area contributed by atoms with E-state index in [1.165, 1.54) is 11.8 Å². The Morgan fingerprint density at radius 2 is 2.08 bits per heavy atom. The van der Waals surface area contributed by atoms with E-state index in [0.717, 1.165) is 5.41 Å². The molecule has 4 nitrogen and oxygen atoms in total. The molecule has 0 aliphatic rings. The second-order valence-corrected chi connectivity index (χ2v) is 5.58. The van der Waals surface area contributed by atoms with Crippen LogP contribution in [0.15, 0.2) is 12.0 Å². The second-order valence-electron chi connectivity index (χ2n) is 2.29. The highest BCUT2D eigenvalue weighted by Crippen LogP contribution is 2.04. The molecule has 0 bridgehead atoms. The lowest BCUT2D eigenvalue weighted by atomic mass is 10.5. The Hall–Kier alpha value is -0.490. The highest BCUT2D eigenvalue weighted by Gasteiger charge is 2.04. The lowest BCUT2D eigenvalue weighted by molar-refractivity contribution is -0.136. The number of rotatable bonds is 7. The molecule has 0 saturated carbocycles. The summed E-state index contributed by atoms with van der Waals surface area (Å²) in [6.07, 6.45) is 0.0683. The number of thioether (sulfide) groups is 1. The highest BCUT2D eigenvalue weighted by atomic mass is 32.2. The highest BCUT2D eigenvalue weighted by molar-refractivity contribution is 8.01. The third-order valence-corrected chi connectivity index (χ3v) is 3.75. The fraction of sp³-hybridized carbons (Fsp3) is 0.571. The predicted octanol–water partition coefficient (Wildman–Crippen LogP) is 0.753. The first-order valence-electron chi connectivity index (χ1n) is 3.62. The van der Waals surface area contributed by atoms with Crippen molar-refractivity contribution in [1.29, 1.82) is 0 Å². The zero-order valence-corrected chi connectivity index (χ0v) is 8.73. The molecule has 76 valence electrons. The Balaban J connectivity index is 3.47. The molecule has 0 spiro atoms. The van der Waals surface area contributed by atoms with Crippen molar-refractivity contribution in [1.82, 2.24) is 0 Å². The molecule has 13 heavy (non-hydrogen) atoms. The van der Waals surface area contributed by atoms with E-state index in [-0.39, 0.29) is 12.2 Å². The van der Waals surface area contributed by atoms with Gasteiger partial charge in [0, 0.05) is 16.9 Å². The summed E-state index contributed by atoms with van der Waals surface area (Å²) < 4.78 is 21.7. The van der Waals surface area contributed by atoms with Gasteiger partial charge in [-0.05, 0) is 0 Å². The number of aliphatic carboxylic acids is 1. The van der Waals surface area contributed by atoms with E-state index in [1.54, 1.807) is 0 Å². The quantitative estimate of drug-likeness (QED) is 0.646. The van der Waals surface area contributed by atoms with Gasteiger partial charge in [0.15, 0.2) is 9.84 Å². The van der Waals surface area contributed by atoms with Gasteiger partial charge in [-0.25, -0.2) is 8.42 Å². The molecule has 0 unspecified atom stereocenters. The number of hydrogen-bond donors (Lipinski definition) is 1. The molecule has 0 atom stereocenters. The normalized spacial score (nSPS) is 11.1. The van der Waals surface area contributed by atoms with Crippen LogP contribution in [0, 0.1) is 0 Å². The summed E-state index contributed by atoms with van der Waals surface area (Å²) in [6, 6.07) is 0. The van der Waals surface area contributed by atoms with Crippen molar-refractivity contribution < 1.29 is 18.3 Å². The van der Waals surface area contributed by atoms with Gasteiger partial charge in [-0.15, -0.1) is 0 Å². The largest absolute Gasteiger partial charge is 0.481 e. The first-order valence-corrected chi connectivity index (χ1v) is 6.49. The van der Waals surface area contributed by atoms with Crippen LogP contribution in [0.4, 0.5) is 0 Å². The van der Waals surface area contributed by atoms with E-state index < -0.39 is 15.8 Å². The van der Waals surface area contributed by atoms with E-state index in [9.17, 15) is 13.2 Å². The van der Waals surface area contributed by atoms with Crippen LogP contribution < -0.4 is 0 Å². The summed E-state index contributed by atoms with van der Waals surface area (Å²) in [6.45, 7) is 3.17. The summed E-state index contributed by atoms with van der Waals surface area (Å²) in [5.74, 6) is 0.0313. The van der Waals surface area contributed by atoms with Gasteiger partial charge in [0.1, 0.15) is 0 Å². The third kappa shape index (κ3) is 7.86. The molecular formula is C7H12O4S2. The molecule has 1 N–H and O–H groups in total. The summed E-state index contributed by atoms with van der Waals surface area (Å²) in [4.78, 5) is 10.1. The van der Waals surface area contributed by atoms with Gasteiger partial charge in [0.25, 0.3) is 0 Å². The summed E-state index contributed by atoms with van der Waals surface area (Å²) in [5.41, 5.74) is 0. The minimum atomic E-state index is -3.12. The van der Waals surface area contributed by atoms with Gasteiger partial charge in [-0.1, -0.05) is 6.58 Å². The van der Waals surface area contributed by atoms with Crippen LogP contribution in [0.1, 0.15) is 6.42 Å². The number of carbonyl (C=O) groups is 1. The minimum absolute atomic E-state index is 0.0286. The Morgan fingerprint density at radius 1 is 1.46 bits per heavy atom. The molecule has 0 amide bonds. The summed E-state index contributed by atoms with van der Waals surface area (Å²) >= 11 is 1.32. The van der Waals surface area contributed by atoms with Crippen LogP contribution in [0.2, 0.25) is 0 Å². The zero-order valence-electron chi connectivity index (χ0n) is 7.10. The van der Waals surface area contributed by atoms with Gasteiger partial charge in [-0.2, -0.15) is 11.8 Å². The zero-order chi connectivity index (χ0) is 10.3. The van der Waals surface area contributed by atoms with Crippen molar-refractivity contribution in [3.63, 3.8) is 0 Å². The number of carboxylic acids is 1. The number of carboxylic acid groups (broad SMARTS) is 1. The van der Waals surface area contributed by atoms with Crippen molar-refractivity contribution >= 4 is 27.6 Å². The SMILES string of the molecule is C=CS(=O)(=O)CCSCCC(=O)O. The van der Waals surface area contributed by atoms with Crippen molar-refractivity contribution in [3.05, 3.63) is 12.0 Å². The maximum atomic E-state index is 10.8. The second kappa shape index (κ2) is 6.04. The van der Waals surface area contributed by atoms with Gasteiger partial charge >= 0.3 is 5.97 Å². The molecule has 0 aromatic carbocycles. The van der Waals surface area contributed by atoms with E-state index >= 15 is 0 Å². The predicted molar refractivity (Wildman–Crippen MR) is 53.6 cm³/mol. The van der Waals surface area contributed by atoms with Gasteiger partial charge < -0.3 is 5.11 Å². The first-order chi connectivity index (χ1) is 5.98. The van der Waals surface area contributed by atoms with Crippen molar-refractivity contribution in [2.24, 2.45) is 0 Å². The molecule has 0 aliphatic carbocycles. The molecule has 6 heteroatoms. The van der Waals surface area contributed by atoms with Crippen LogP contribution in [-0.4, -0.2) is 36.8 Å². The van der Waals surface area contributed by atoms with Crippen LogP contribution >= 0.6 is 11.8 Å². The lowest BCUT2D eigenvalue weighted by Gasteiger charge is -1.97.